The van der Waals surface area contributed by atoms with Crippen molar-refractivity contribution in [3.8, 4) is 0 Å². The number of ketones is 1. The Kier molecular flexibility index (Phi) is 3.66. The van der Waals surface area contributed by atoms with Crippen LogP contribution < -0.4 is 0 Å². The minimum absolute atomic E-state index is 0.121. The van der Waals surface area contributed by atoms with E-state index in [0.717, 1.165) is 37.5 Å². The van der Waals surface area contributed by atoms with E-state index in [9.17, 15) is 9.59 Å². The molecule has 3 nitrogen and oxygen atoms in total. The molecule has 4 rings (SSSR count). The Balaban J connectivity index is 1.57. The largest absolute Gasteiger partial charge is 0.462 e. The second-order valence-corrected chi connectivity index (χ2v) is 8.52. The highest BCUT2D eigenvalue weighted by Crippen LogP contribution is 2.62. The minimum atomic E-state index is -0.126. The minimum Gasteiger partial charge on any atom is -0.462 e. The van der Waals surface area contributed by atoms with Gasteiger partial charge in [-0.3, -0.25) is 9.59 Å². The second-order valence-electron chi connectivity index (χ2n) is 8.52. The van der Waals surface area contributed by atoms with Crippen molar-refractivity contribution in [1.29, 1.82) is 0 Å². The summed E-state index contributed by atoms with van der Waals surface area (Å²) in [6, 6.07) is 0. The van der Waals surface area contributed by atoms with Gasteiger partial charge < -0.3 is 4.74 Å². The fourth-order valence-corrected chi connectivity index (χ4v) is 6.53. The molecule has 6 atom stereocenters. The van der Waals surface area contributed by atoms with Crippen molar-refractivity contribution in [3.05, 3.63) is 11.6 Å². The maximum absolute atomic E-state index is 11.7. The van der Waals surface area contributed by atoms with E-state index in [1.54, 1.807) is 6.92 Å². The topological polar surface area (TPSA) is 43.4 Å². The highest BCUT2D eigenvalue weighted by atomic mass is 16.5. The number of hydrogen-bond donors (Lipinski definition) is 0. The first-order chi connectivity index (χ1) is 11.0. The van der Waals surface area contributed by atoms with Crippen molar-refractivity contribution in [2.45, 2.75) is 71.3 Å². The molecule has 0 aromatic rings. The molecule has 23 heavy (non-hydrogen) atoms. The van der Waals surface area contributed by atoms with Crippen LogP contribution in [0, 0.1) is 29.1 Å². The van der Waals surface area contributed by atoms with Gasteiger partial charge in [-0.05, 0) is 74.7 Å². The molecule has 3 heteroatoms. The van der Waals surface area contributed by atoms with Gasteiger partial charge in [-0.15, -0.1) is 0 Å². The molecule has 3 saturated carbocycles. The van der Waals surface area contributed by atoms with E-state index in [0.29, 0.717) is 17.6 Å². The zero-order valence-electron chi connectivity index (χ0n) is 14.3. The number of hydrogen-bond acceptors (Lipinski definition) is 3. The number of fused-ring (bicyclic) bond motifs is 5. The Morgan fingerprint density at radius 2 is 1.96 bits per heavy atom. The Labute approximate surface area is 138 Å². The molecular formula is C20H28O3. The van der Waals surface area contributed by atoms with Crippen molar-refractivity contribution in [2.75, 3.05) is 0 Å². The molecule has 0 aromatic carbocycles. The van der Waals surface area contributed by atoms with E-state index in [1.807, 2.05) is 6.08 Å². The van der Waals surface area contributed by atoms with Crippen molar-refractivity contribution in [3.63, 3.8) is 0 Å². The summed E-state index contributed by atoms with van der Waals surface area (Å²) >= 11 is 0. The fourth-order valence-electron chi connectivity index (χ4n) is 6.53. The molecule has 0 aliphatic heterocycles. The summed E-state index contributed by atoms with van der Waals surface area (Å²) in [7, 11) is 0. The molecule has 0 heterocycles. The van der Waals surface area contributed by atoms with Crippen molar-refractivity contribution < 1.29 is 14.3 Å². The van der Waals surface area contributed by atoms with Crippen LogP contribution in [0.2, 0.25) is 0 Å². The zero-order valence-corrected chi connectivity index (χ0v) is 14.3. The highest BCUT2D eigenvalue weighted by molar-refractivity contribution is 5.91. The summed E-state index contributed by atoms with van der Waals surface area (Å²) in [5.41, 5.74) is 1.62. The van der Waals surface area contributed by atoms with Crippen LogP contribution in [0.1, 0.15) is 65.2 Å². The van der Waals surface area contributed by atoms with Gasteiger partial charge in [0.15, 0.2) is 5.78 Å². The van der Waals surface area contributed by atoms with Crippen LogP contribution in [0.4, 0.5) is 0 Å². The Hall–Kier alpha value is -1.12. The molecule has 0 bridgehead atoms. The second kappa shape index (κ2) is 5.46. The van der Waals surface area contributed by atoms with Gasteiger partial charge in [-0.2, -0.15) is 0 Å². The zero-order chi connectivity index (χ0) is 16.2. The molecule has 0 unspecified atom stereocenters. The maximum atomic E-state index is 11.7. The third-order valence-corrected chi connectivity index (χ3v) is 7.52. The predicted molar refractivity (Wildman–Crippen MR) is 87.6 cm³/mol. The number of ether oxygens (including phenoxy) is 1. The van der Waals surface area contributed by atoms with Crippen LogP contribution >= 0.6 is 0 Å². The summed E-state index contributed by atoms with van der Waals surface area (Å²) in [6.07, 6.45) is 10.9. The molecule has 4 aliphatic carbocycles. The number of esters is 1. The van der Waals surface area contributed by atoms with Gasteiger partial charge in [0.1, 0.15) is 6.10 Å². The van der Waals surface area contributed by atoms with Crippen LogP contribution in [0.25, 0.3) is 0 Å². The van der Waals surface area contributed by atoms with Crippen LogP contribution in [-0.4, -0.2) is 17.9 Å². The number of rotatable bonds is 1. The summed E-state index contributed by atoms with van der Waals surface area (Å²) in [6.45, 7) is 3.91. The number of carbonyl (C=O) groups is 2. The van der Waals surface area contributed by atoms with Gasteiger partial charge in [0.2, 0.25) is 0 Å². The lowest BCUT2D eigenvalue weighted by molar-refractivity contribution is -0.156. The SMILES string of the molecule is CC(=O)O[C@@H]1CC[C@H]2[C@@H]3CCC4=CC(=O)CC[C@@H]4[C@H]3CC[C@]12C. The fraction of sp³-hybridized carbons (Fsp3) is 0.800. The van der Waals surface area contributed by atoms with E-state index in [-0.39, 0.29) is 17.5 Å². The first kappa shape index (κ1) is 15.4. The summed E-state index contributed by atoms with van der Waals surface area (Å²) < 4.78 is 5.69. The van der Waals surface area contributed by atoms with E-state index in [4.69, 9.17) is 4.74 Å². The molecule has 4 aliphatic rings. The van der Waals surface area contributed by atoms with Gasteiger partial charge in [0, 0.05) is 18.8 Å². The van der Waals surface area contributed by atoms with Gasteiger partial charge in [0.25, 0.3) is 0 Å². The molecule has 0 aromatic heterocycles. The first-order valence-corrected chi connectivity index (χ1v) is 9.39. The van der Waals surface area contributed by atoms with Gasteiger partial charge in [-0.1, -0.05) is 12.5 Å². The Morgan fingerprint density at radius 1 is 1.13 bits per heavy atom. The lowest BCUT2D eigenvalue weighted by atomic mass is 9.52. The highest BCUT2D eigenvalue weighted by Gasteiger charge is 2.57. The molecule has 0 saturated heterocycles. The van der Waals surface area contributed by atoms with E-state index in [2.05, 4.69) is 6.92 Å². The Morgan fingerprint density at radius 3 is 2.74 bits per heavy atom. The summed E-state index contributed by atoms with van der Waals surface area (Å²) in [4.78, 5) is 23.2. The molecular weight excluding hydrogens is 288 g/mol. The number of allylic oxidation sites excluding steroid dienone is 1. The summed E-state index contributed by atoms with van der Waals surface area (Å²) in [5.74, 6) is 3.10. The molecule has 3 fully saturated rings. The van der Waals surface area contributed by atoms with Crippen LogP contribution in [-0.2, 0) is 14.3 Å². The average Bonchev–Trinajstić information content (AvgIpc) is 2.83. The third-order valence-electron chi connectivity index (χ3n) is 7.52. The van der Waals surface area contributed by atoms with Gasteiger partial charge >= 0.3 is 5.97 Å². The van der Waals surface area contributed by atoms with E-state index >= 15 is 0 Å². The van der Waals surface area contributed by atoms with Gasteiger partial charge in [-0.25, -0.2) is 0 Å². The van der Waals surface area contributed by atoms with E-state index < -0.39 is 0 Å². The first-order valence-electron chi connectivity index (χ1n) is 9.39. The van der Waals surface area contributed by atoms with Crippen LogP contribution in [0.15, 0.2) is 11.6 Å². The standard InChI is InChI=1S/C20H28O3/c1-12(21)23-19-8-7-18-17-5-3-13-11-14(22)4-6-15(13)16(17)9-10-20(18,19)2/h11,15-19H,3-10H2,1-2H3/t15-,16+,17+,18-,19+,20-/m0/s1. The Bertz CT molecular complexity index is 563. The summed E-state index contributed by atoms with van der Waals surface area (Å²) in [5, 5.41) is 0. The maximum Gasteiger partial charge on any atom is 0.302 e. The predicted octanol–water partition coefficient (Wildman–Crippen LogP) is 4.06. The smallest absolute Gasteiger partial charge is 0.302 e. The number of carbonyl (C=O) groups excluding carboxylic acids is 2. The van der Waals surface area contributed by atoms with Crippen LogP contribution in [0.5, 0.6) is 0 Å². The van der Waals surface area contributed by atoms with Crippen molar-refractivity contribution in [2.24, 2.45) is 29.1 Å². The normalized spacial score (nSPS) is 45.6. The molecule has 126 valence electrons. The van der Waals surface area contributed by atoms with Crippen molar-refractivity contribution >= 4 is 11.8 Å². The quantitative estimate of drug-likeness (QED) is 0.685. The molecule has 0 N–H and O–H groups in total. The van der Waals surface area contributed by atoms with E-state index in [1.165, 1.54) is 31.3 Å². The van der Waals surface area contributed by atoms with Crippen LogP contribution in [0.3, 0.4) is 0 Å². The monoisotopic (exact) mass is 316 g/mol. The average molecular weight is 316 g/mol. The lowest BCUT2D eigenvalue weighted by Gasteiger charge is -2.53. The molecule has 0 amide bonds. The lowest BCUT2D eigenvalue weighted by Crippen LogP contribution is -2.48. The molecule has 0 spiro atoms. The third kappa shape index (κ3) is 2.38. The van der Waals surface area contributed by atoms with Gasteiger partial charge in [0.05, 0.1) is 0 Å². The van der Waals surface area contributed by atoms with Crippen molar-refractivity contribution in [1.82, 2.24) is 0 Å². The molecule has 0 radical (unpaired) electrons.